The van der Waals surface area contributed by atoms with Crippen LogP contribution in [0, 0.1) is 5.92 Å². The van der Waals surface area contributed by atoms with Crippen LogP contribution in [0.1, 0.15) is 44.2 Å². The summed E-state index contributed by atoms with van der Waals surface area (Å²) in [6.45, 7) is 5.76. The maximum absolute atomic E-state index is 13.1. The van der Waals surface area contributed by atoms with Crippen LogP contribution >= 0.6 is 0 Å². The lowest BCUT2D eigenvalue weighted by atomic mass is 9.96. The number of rotatable bonds is 8. The van der Waals surface area contributed by atoms with Gasteiger partial charge in [0.25, 0.3) is 5.91 Å². The molecule has 2 unspecified atom stereocenters. The third-order valence-electron chi connectivity index (χ3n) is 7.09. The van der Waals surface area contributed by atoms with Crippen molar-refractivity contribution < 1.29 is 29.0 Å². The number of hydrogen-bond acceptors (Lipinski definition) is 5. The molecular weight excluding hydrogens is 448 g/mol. The second-order valence-electron chi connectivity index (χ2n) is 9.49. The topological polar surface area (TPSA) is 105 Å². The minimum absolute atomic E-state index is 0.0337. The Labute approximate surface area is 205 Å². The van der Waals surface area contributed by atoms with Crippen molar-refractivity contribution in [2.75, 3.05) is 26.3 Å². The van der Waals surface area contributed by atoms with Gasteiger partial charge < -0.3 is 24.8 Å². The van der Waals surface area contributed by atoms with Gasteiger partial charge in [0.2, 0.25) is 0 Å². The van der Waals surface area contributed by atoms with E-state index in [0.29, 0.717) is 13.0 Å². The number of hydrogen-bond donors (Lipinski definition) is 2. The Hall–Kier alpha value is -3.39. The smallest absolute Gasteiger partial charge is 0.407 e. The van der Waals surface area contributed by atoms with Gasteiger partial charge in [-0.05, 0) is 49.4 Å². The van der Waals surface area contributed by atoms with Crippen LogP contribution in [0.3, 0.4) is 0 Å². The van der Waals surface area contributed by atoms with Gasteiger partial charge in [0.15, 0.2) is 0 Å². The molecule has 2 atom stereocenters. The van der Waals surface area contributed by atoms with E-state index in [0.717, 1.165) is 22.3 Å². The highest BCUT2D eigenvalue weighted by Gasteiger charge is 2.44. The molecule has 1 heterocycles. The largest absolute Gasteiger partial charge is 0.480 e. The predicted molar refractivity (Wildman–Crippen MR) is 130 cm³/mol. The van der Waals surface area contributed by atoms with Crippen LogP contribution in [0.25, 0.3) is 11.1 Å². The fraction of sp³-hybridized carbons (Fsp3) is 0.444. The normalized spacial score (nSPS) is 19.1. The van der Waals surface area contributed by atoms with Crippen LogP contribution in [0.2, 0.25) is 0 Å². The van der Waals surface area contributed by atoms with Gasteiger partial charge in [-0.25, -0.2) is 9.59 Å². The number of nitrogens with one attached hydrogen (secondary N) is 1. The summed E-state index contributed by atoms with van der Waals surface area (Å²) < 4.78 is 11.2. The van der Waals surface area contributed by atoms with Gasteiger partial charge in [0.1, 0.15) is 18.2 Å². The predicted octanol–water partition coefficient (Wildman–Crippen LogP) is 3.64. The number of carboxylic acid groups (broad SMARTS) is 1. The van der Waals surface area contributed by atoms with Crippen LogP contribution in [0.4, 0.5) is 4.79 Å². The molecule has 2 aromatic carbocycles. The molecule has 0 radical (unpaired) electrons. The van der Waals surface area contributed by atoms with Gasteiger partial charge in [0.05, 0.1) is 0 Å². The number of aliphatic carboxylic acids is 1. The molecule has 4 rings (SSSR count). The molecule has 8 nitrogen and oxygen atoms in total. The first kappa shape index (κ1) is 24.7. The van der Waals surface area contributed by atoms with Crippen molar-refractivity contribution in [1.82, 2.24) is 10.2 Å². The first-order chi connectivity index (χ1) is 16.8. The van der Waals surface area contributed by atoms with E-state index < -0.39 is 23.7 Å². The number of carbonyl (C=O) groups excluding carboxylic acids is 2. The van der Waals surface area contributed by atoms with E-state index in [4.69, 9.17) is 9.47 Å². The fourth-order valence-electron chi connectivity index (χ4n) is 5.08. The van der Waals surface area contributed by atoms with Crippen molar-refractivity contribution in [2.24, 2.45) is 5.92 Å². The van der Waals surface area contributed by atoms with E-state index in [1.54, 1.807) is 6.92 Å². The Bertz CT molecular complexity index is 1070. The maximum Gasteiger partial charge on any atom is 0.407 e. The van der Waals surface area contributed by atoms with E-state index in [2.05, 4.69) is 29.6 Å². The monoisotopic (exact) mass is 480 g/mol. The molecule has 1 aliphatic heterocycles. The van der Waals surface area contributed by atoms with Crippen molar-refractivity contribution in [2.45, 2.75) is 44.8 Å². The molecule has 2 aromatic rings. The van der Waals surface area contributed by atoms with E-state index in [-0.39, 0.29) is 37.4 Å². The van der Waals surface area contributed by atoms with E-state index in [1.165, 1.54) is 18.7 Å². The van der Waals surface area contributed by atoms with Gasteiger partial charge in [-0.2, -0.15) is 0 Å². The van der Waals surface area contributed by atoms with Gasteiger partial charge >= 0.3 is 12.1 Å². The highest BCUT2D eigenvalue weighted by molar-refractivity contribution is 5.89. The molecule has 2 aliphatic rings. The van der Waals surface area contributed by atoms with Crippen LogP contribution in [0.15, 0.2) is 48.5 Å². The zero-order valence-corrected chi connectivity index (χ0v) is 20.3. The molecule has 8 heteroatoms. The number of alkyl carbamates (subject to hydrolysis) is 1. The number of carbonyl (C=O) groups is 3. The van der Waals surface area contributed by atoms with Gasteiger partial charge in [-0.15, -0.1) is 0 Å². The van der Waals surface area contributed by atoms with Crippen molar-refractivity contribution in [1.29, 1.82) is 0 Å². The van der Waals surface area contributed by atoms with Crippen molar-refractivity contribution in [3.8, 4) is 11.1 Å². The van der Waals surface area contributed by atoms with Crippen LogP contribution in [-0.2, 0) is 19.1 Å². The van der Waals surface area contributed by atoms with Crippen molar-refractivity contribution >= 4 is 18.0 Å². The molecule has 1 fully saturated rings. The number of benzene rings is 2. The van der Waals surface area contributed by atoms with E-state index in [1.807, 2.05) is 24.3 Å². The number of likely N-dealkylation sites (N-methyl/N-ethyl adjacent to an activating group) is 1. The summed E-state index contributed by atoms with van der Waals surface area (Å²) in [6, 6.07) is 16.3. The average Bonchev–Trinajstić information content (AvgIpc) is 3.44. The Morgan fingerprint density at radius 1 is 1.09 bits per heavy atom. The van der Waals surface area contributed by atoms with Gasteiger partial charge in [-0.3, -0.25) is 4.79 Å². The van der Waals surface area contributed by atoms with Crippen molar-refractivity contribution in [3.05, 3.63) is 59.7 Å². The standard InChI is InChI=1S/C27H32N2O6/c1-4-29(27(2,3)25(31)32)24(30)23-17(13-14-34-23)15-28-26(33)35-16-22-20-11-7-5-9-18(20)19-10-6-8-12-21(19)22/h5-12,17,22-23H,4,13-16H2,1-3H3,(H,28,33)(H,31,32). The Kier molecular flexibility index (Phi) is 7.12. The van der Waals surface area contributed by atoms with Crippen LogP contribution < -0.4 is 5.32 Å². The molecule has 35 heavy (non-hydrogen) atoms. The van der Waals surface area contributed by atoms with Gasteiger partial charge in [0, 0.05) is 31.5 Å². The summed E-state index contributed by atoms with van der Waals surface area (Å²) >= 11 is 0. The Balaban J connectivity index is 1.35. The quantitative estimate of drug-likeness (QED) is 0.598. The lowest BCUT2D eigenvalue weighted by Crippen LogP contribution is -2.57. The lowest BCUT2D eigenvalue weighted by molar-refractivity contribution is -0.161. The van der Waals surface area contributed by atoms with Crippen LogP contribution in [-0.4, -0.2) is 65.9 Å². The average molecular weight is 481 g/mol. The molecule has 0 saturated carbocycles. The van der Waals surface area contributed by atoms with Crippen molar-refractivity contribution in [3.63, 3.8) is 0 Å². The summed E-state index contributed by atoms with van der Waals surface area (Å²) in [5.41, 5.74) is 3.23. The maximum atomic E-state index is 13.1. The third-order valence-corrected chi connectivity index (χ3v) is 7.09. The molecule has 2 N–H and O–H groups in total. The van der Waals surface area contributed by atoms with E-state index >= 15 is 0 Å². The second kappa shape index (κ2) is 10.1. The molecular formula is C27H32N2O6. The summed E-state index contributed by atoms with van der Waals surface area (Å²) in [6.07, 6.45) is -0.767. The first-order valence-electron chi connectivity index (χ1n) is 12.0. The zero-order chi connectivity index (χ0) is 25.2. The van der Waals surface area contributed by atoms with E-state index in [9.17, 15) is 19.5 Å². The third kappa shape index (κ3) is 4.75. The molecule has 1 saturated heterocycles. The molecule has 1 aliphatic carbocycles. The summed E-state index contributed by atoms with van der Waals surface area (Å²) in [5, 5.41) is 12.3. The fourth-order valence-corrected chi connectivity index (χ4v) is 5.08. The molecule has 0 bridgehead atoms. The number of amides is 2. The highest BCUT2D eigenvalue weighted by atomic mass is 16.5. The number of nitrogens with zero attached hydrogens (tertiary/aromatic N) is 1. The number of carboxylic acids is 1. The Morgan fingerprint density at radius 2 is 1.69 bits per heavy atom. The molecule has 0 spiro atoms. The molecule has 0 aromatic heterocycles. The summed E-state index contributed by atoms with van der Waals surface area (Å²) in [4.78, 5) is 38.6. The SMILES string of the molecule is CCN(C(=O)C1OCCC1CNC(=O)OCC1c2ccccc2-c2ccccc21)C(C)(C)C(=O)O. The first-order valence-corrected chi connectivity index (χ1v) is 12.0. The molecule has 186 valence electrons. The highest BCUT2D eigenvalue weighted by Crippen LogP contribution is 2.44. The second-order valence-corrected chi connectivity index (χ2v) is 9.49. The zero-order valence-electron chi connectivity index (χ0n) is 20.3. The number of fused-ring (bicyclic) bond motifs is 3. The lowest BCUT2D eigenvalue weighted by Gasteiger charge is -2.36. The minimum Gasteiger partial charge on any atom is -0.480 e. The summed E-state index contributed by atoms with van der Waals surface area (Å²) in [5.74, 6) is -1.76. The summed E-state index contributed by atoms with van der Waals surface area (Å²) in [7, 11) is 0. The van der Waals surface area contributed by atoms with Crippen LogP contribution in [0.5, 0.6) is 0 Å². The van der Waals surface area contributed by atoms with Gasteiger partial charge in [-0.1, -0.05) is 48.5 Å². The minimum atomic E-state index is -1.36. The number of ether oxygens (including phenoxy) is 2. The molecule has 2 amide bonds. The Morgan fingerprint density at radius 3 is 2.26 bits per heavy atom.